The van der Waals surface area contributed by atoms with E-state index in [0.29, 0.717) is 6.04 Å². The van der Waals surface area contributed by atoms with Crippen LogP contribution < -0.4 is 5.73 Å². The molecule has 0 spiro atoms. The number of hydrogen-bond donors (Lipinski definition) is 1. The molecule has 3 fully saturated rings. The summed E-state index contributed by atoms with van der Waals surface area (Å²) >= 11 is 0. The normalized spacial score (nSPS) is 46.5. The van der Waals surface area contributed by atoms with E-state index < -0.39 is 0 Å². The predicted molar refractivity (Wildman–Crippen MR) is 50.9 cm³/mol. The molecule has 0 radical (unpaired) electrons. The van der Waals surface area contributed by atoms with Crippen molar-refractivity contribution in [3.63, 3.8) is 0 Å². The van der Waals surface area contributed by atoms with E-state index in [9.17, 15) is 0 Å². The van der Waals surface area contributed by atoms with Gasteiger partial charge in [-0.15, -0.1) is 0 Å². The maximum absolute atomic E-state index is 5.74. The molecule has 3 saturated heterocycles. The van der Waals surface area contributed by atoms with Gasteiger partial charge in [-0.25, -0.2) is 0 Å². The third-order valence-corrected chi connectivity index (χ3v) is 3.81. The fourth-order valence-electron chi connectivity index (χ4n) is 2.96. The van der Waals surface area contributed by atoms with Gasteiger partial charge in [-0.3, -0.25) is 4.90 Å². The lowest BCUT2D eigenvalue weighted by molar-refractivity contribution is 0.00372. The molecule has 1 unspecified atom stereocenters. The van der Waals surface area contributed by atoms with Crippen LogP contribution in [0, 0.1) is 11.8 Å². The largest absolute Gasteiger partial charge is 0.329 e. The molecule has 2 nitrogen and oxygen atoms in total. The van der Waals surface area contributed by atoms with E-state index in [1.807, 2.05) is 0 Å². The Morgan fingerprint density at radius 1 is 1.50 bits per heavy atom. The Labute approximate surface area is 75.1 Å². The van der Waals surface area contributed by atoms with Gasteiger partial charge in [0.2, 0.25) is 0 Å². The molecule has 70 valence electrons. The molecule has 0 amide bonds. The second-order valence-electron chi connectivity index (χ2n) is 4.34. The van der Waals surface area contributed by atoms with Crippen LogP contribution in [0.5, 0.6) is 0 Å². The van der Waals surface area contributed by atoms with Crippen LogP contribution in [-0.4, -0.2) is 30.6 Å². The molecule has 3 rings (SSSR count). The lowest BCUT2D eigenvalue weighted by Crippen LogP contribution is -2.55. The zero-order valence-corrected chi connectivity index (χ0v) is 8.00. The van der Waals surface area contributed by atoms with Crippen molar-refractivity contribution in [3.8, 4) is 0 Å². The first kappa shape index (κ1) is 8.52. The molecule has 2 bridgehead atoms. The van der Waals surface area contributed by atoms with Crippen molar-refractivity contribution < 1.29 is 0 Å². The van der Waals surface area contributed by atoms with Crippen LogP contribution in [0.15, 0.2) is 0 Å². The quantitative estimate of drug-likeness (QED) is 0.668. The second kappa shape index (κ2) is 3.35. The number of piperidine rings is 3. The van der Waals surface area contributed by atoms with Crippen LogP contribution in [-0.2, 0) is 0 Å². The van der Waals surface area contributed by atoms with E-state index in [2.05, 4.69) is 11.8 Å². The highest BCUT2D eigenvalue weighted by molar-refractivity contribution is 4.92. The Kier molecular flexibility index (Phi) is 2.37. The van der Waals surface area contributed by atoms with Crippen LogP contribution in [0.3, 0.4) is 0 Å². The number of nitrogens with zero attached hydrogens (tertiary/aromatic N) is 1. The SMILES string of the molecule is CC[C@H]1CN2CC[C@H]1C[C@H]2CN. The van der Waals surface area contributed by atoms with Gasteiger partial charge in [0.1, 0.15) is 0 Å². The molecule has 12 heavy (non-hydrogen) atoms. The molecule has 0 aromatic heterocycles. The average Bonchev–Trinajstić information content (AvgIpc) is 2.18. The van der Waals surface area contributed by atoms with E-state index in [1.54, 1.807) is 0 Å². The van der Waals surface area contributed by atoms with Crippen molar-refractivity contribution in [1.82, 2.24) is 4.90 Å². The van der Waals surface area contributed by atoms with Crippen LogP contribution >= 0.6 is 0 Å². The smallest absolute Gasteiger partial charge is 0.0221 e. The van der Waals surface area contributed by atoms with Crippen LogP contribution in [0.1, 0.15) is 26.2 Å². The molecule has 0 aliphatic carbocycles. The van der Waals surface area contributed by atoms with Crippen molar-refractivity contribution in [2.24, 2.45) is 17.6 Å². The number of fused-ring (bicyclic) bond motifs is 3. The highest BCUT2D eigenvalue weighted by Gasteiger charge is 2.38. The first-order chi connectivity index (χ1) is 5.85. The Bertz CT molecular complexity index is 140. The Balaban J connectivity index is 2.01. The van der Waals surface area contributed by atoms with Gasteiger partial charge in [0, 0.05) is 19.1 Å². The van der Waals surface area contributed by atoms with Gasteiger partial charge in [0.05, 0.1) is 0 Å². The van der Waals surface area contributed by atoms with E-state index in [1.165, 1.54) is 32.4 Å². The molecule has 3 aliphatic rings. The summed E-state index contributed by atoms with van der Waals surface area (Å²) in [4.78, 5) is 2.61. The minimum absolute atomic E-state index is 0.714. The third kappa shape index (κ3) is 1.27. The molecule has 0 saturated carbocycles. The lowest BCUT2D eigenvalue weighted by Gasteiger charge is -2.49. The van der Waals surface area contributed by atoms with Crippen LogP contribution in [0.2, 0.25) is 0 Å². The molecule has 2 N–H and O–H groups in total. The lowest BCUT2D eigenvalue weighted by atomic mass is 9.74. The molecule has 2 heteroatoms. The fraction of sp³-hybridized carbons (Fsp3) is 1.00. The summed E-state index contributed by atoms with van der Waals surface area (Å²) in [6, 6.07) is 0.714. The monoisotopic (exact) mass is 168 g/mol. The average molecular weight is 168 g/mol. The summed E-state index contributed by atoms with van der Waals surface area (Å²) in [6.45, 7) is 5.82. The molecule has 0 aromatic rings. The molecule has 3 aliphatic heterocycles. The minimum Gasteiger partial charge on any atom is -0.329 e. The van der Waals surface area contributed by atoms with Gasteiger partial charge in [0.15, 0.2) is 0 Å². The van der Waals surface area contributed by atoms with Gasteiger partial charge >= 0.3 is 0 Å². The van der Waals surface area contributed by atoms with Gasteiger partial charge in [-0.2, -0.15) is 0 Å². The number of rotatable bonds is 2. The van der Waals surface area contributed by atoms with Gasteiger partial charge < -0.3 is 5.73 Å². The standard InChI is InChI=1S/C10H20N2/c1-2-8-7-12-4-3-9(8)5-10(12)6-11/h8-10H,2-7,11H2,1H3/t8-,9-,10-/m0/s1. The predicted octanol–water partition coefficient (Wildman–Crippen LogP) is 1.07. The second-order valence-corrected chi connectivity index (χ2v) is 4.34. The van der Waals surface area contributed by atoms with Gasteiger partial charge in [0.25, 0.3) is 0 Å². The Morgan fingerprint density at radius 2 is 2.33 bits per heavy atom. The van der Waals surface area contributed by atoms with E-state index in [4.69, 9.17) is 5.73 Å². The van der Waals surface area contributed by atoms with Crippen LogP contribution in [0.25, 0.3) is 0 Å². The highest BCUT2D eigenvalue weighted by Crippen LogP contribution is 2.37. The summed E-state index contributed by atoms with van der Waals surface area (Å²) in [5.41, 5.74) is 5.74. The Morgan fingerprint density at radius 3 is 2.83 bits per heavy atom. The number of nitrogens with two attached hydrogens (primary N) is 1. The van der Waals surface area contributed by atoms with Gasteiger partial charge in [-0.05, 0) is 31.2 Å². The summed E-state index contributed by atoms with van der Waals surface area (Å²) in [5.74, 6) is 1.97. The van der Waals surface area contributed by atoms with Crippen molar-refractivity contribution in [2.75, 3.05) is 19.6 Å². The summed E-state index contributed by atoms with van der Waals surface area (Å²) in [5, 5.41) is 0. The van der Waals surface area contributed by atoms with Crippen molar-refractivity contribution >= 4 is 0 Å². The summed E-state index contributed by atoms with van der Waals surface area (Å²) < 4.78 is 0. The first-order valence-electron chi connectivity index (χ1n) is 5.29. The first-order valence-corrected chi connectivity index (χ1v) is 5.29. The van der Waals surface area contributed by atoms with E-state index in [0.717, 1.165) is 18.4 Å². The van der Waals surface area contributed by atoms with E-state index in [-0.39, 0.29) is 0 Å². The zero-order chi connectivity index (χ0) is 8.55. The zero-order valence-electron chi connectivity index (χ0n) is 8.00. The van der Waals surface area contributed by atoms with Crippen LogP contribution in [0.4, 0.5) is 0 Å². The maximum atomic E-state index is 5.74. The highest BCUT2D eigenvalue weighted by atomic mass is 15.2. The molecule has 0 aromatic carbocycles. The molecular weight excluding hydrogens is 148 g/mol. The molecule has 4 atom stereocenters. The topological polar surface area (TPSA) is 29.3 Å². The summed E-state index contributed by atoms with van der Waals surface area (Å²) in [7, 11) is 0. The van der Waals surface area contributed by atoms with E-state index >= 15 is 0 Å². The molecular formula is C10H20N2. The fourth-order valence-corrected chi connectivity index (χ4v) is 2.96. The van der Waals surface area contributed by atoms with Gasteiger partial charge in [-0.1, -0.05) is 13.3 Å². The Hall–Kier alpha value is -0.0800. The minimum atomic E-state index is 0.714. The van der Waals surface area contributed by atoms with Crippen molar-refractivity contribution in [2.45, 2.75) is 32.2 Å². The number of hydrogen-bond acceptors (Lipinski definition) is 2. The third-order valence-electron chi connectivity index (χ3n) is 3.81. The van der Waals surface area contributed by atoms with Crippen molar-refractivity contribution in [1.29, 1.82) is 0 Å². The molecule has 3 heterocycles. The maximum Gasteiger partial charge on any atom is 0.0221 e. The summed E-state index contributed by atoms with van der Waals surface area (Å²) in [6.07, 6.45) is 4.16. The van der Waals surface area contributed by atoms with Crippen molar-refractivity contribution in [3.05, 3.63) is 0 Å².